The van der Waals surface area contributed by atoms with Crippen molar-refractivity contribution < 1.29 is 43.2 Å². The second-order valence-corrected chi connectivity index (χ2v) is 20.7. The van der Waals surface area contributed by atoms with Crippen LogP contribution in [0.2, 0.25) is 5.02 Å². The molecule has 10 atom stereocenters. The summed E-state index contributed by atoms with van der Waals surface area (Å²) in [5, 5.41) is 22.8. The minimum absolute atomic E-state index is 0.0258. The van der Waals surface area contributed by atoms with Crippen molar-refractivity contribution in [2.75, 3.05) is 51.3 Å². The number of hydrogen-bond acceptors (Lipinski definition) is 13. The Morgan fingerprint density at radius 1 is 1.06 bits per heavy atom. The molecule has 16 nitrogen and oxygen atoms in total. The van der Waals surface area contributed by atoms with Gasteiger partial charge < -0.3 is 44.9 Å². The molecule has 2 aromatic heterocycles. The van der Waals surface area contributed by atoms with Crippen LogP contribution in [-0.4, -0.2) is 131 Å². The van der Waals surface area contributed by atoms with Crippen molar-refractivity contribution in [1.82, 2.24) is 30.4 Å². The molecule has 10 rings (SSSR count). The number of ether oxygens (including phenoxy) is 4. The Balaban J connectivity index is 1.01. The summed E-state index contributed by atoms with van der Waals surface area (Å²) >= 11 is 8.56. The number of fused-ring (bicyclic) bond motifs is 2. The van der Waals surface area contributed by atoms with E-state index in [0.717, 1.165) is 24.6 Å². The number of alkyl carbamates (subject to hydrolysis) is 1. The summed E-state index contributed by atoms with van der Waals surface area (Å²) in [7, 11) is 0. The first-order valence-electron chi connectivity index (χ1n) is 22.3. The molecule has 5 saturated carbocycles. The topological polar surface area (TPSA) is 194 Å². The summed E-state index contributed by atoms with van der Waals surface area (Å²) in [6.45, 7) is 15.6. The number of carbonyl (C=O) groups excluding carboxylic acids is 3. The molecule has 1 aromatic carbocycles. The number of nitrogens with one attached hydrogen (secondary N) is 3. The van der Waals surface area contributed by atoms with Crippen LogP contribution in [0.15, 0.2) is 23.6 Å². The Bertz CT molecular complexity index is 2270. The monoisotopic (exact) mass is 907 g/mol. The lowest BCUT2D eigenvalue weighted by molar-refractivity contribution is -0.146. The van der Waals surface area contributed by atoms with E-state index in [0.29, 0.717) is 102 Å². The first-order chi connectivity index (χ1) is 30.1. The number of carbonyl (C=O) groups is 4. The van der Waals surface area contributed by atoms with E-state index in [-0.39, 0.29) is 31.0 Å². The Labute approximate surface area is 376 Å². The van der Waals surface area contributed by atoms with Crippen LogP contribution in [-0.2, 0) is 23.9 Å². The first-order valence-corrected chi connectivity index (χ1v) is 23.6. The maximum absolute atomic E-state index is 14.8. The van der Waals surface area contributed by atoms with Crippen LogP contribution >= 0.6 is 22.9 Å². The number of amides is 3. The highest BCUT2D eigenvalue weighted by atomic mass is 35.5. The molecule has 0 spiro atoms. The molecule has 3 unspecified atom stereocenters. The van der Waals surface area contributed by atoms with Crippen LogP contribution in [0.1, 0.15) is 67.2 Å². The van der Waals surface area contributed by atoms with Gasteiger partial charge in [-0.05, 0) is 67.9 Å². The quantitative estimate of drug-likeness (QED) is 0.138. The molecule has 3 aromatic rings. The number of aromatic nitrogens is 2. The fourth-order valence-electron chi connectivity index (χ4n) is 10.2. The largest absolute Gasteiger partial charge is 0.491 e. The summed E-state index contributed by atoms with van der Waals surface area (Å²) in [5.41, 5.74) is -0.671. The average Bonchev–Trinajstić information content (AvgIpc) is 4.10. The summed E-state index contributed by atoms with van der Waals surface area (Å²) in [6, 6.07) is 3.40. The van der Waals surface area contributed by atoms with E-state index in [2.05, 4.69) is 20.9 Å². The fraction of sp³-hybridized carbons (Fsp3) is 0.644. The number of thiazole rings is 1. The van der Waals surface area contributed by atoms with Crippen LogP contribution in [0.3, 0.4) is 0 Å². The van der Waals surface area contributed by atoms with Gasteiger partial charge in [0.1, 0.15) is 58.7 Å². The second kappa shape index (κ2) is 16.8. The van der Waals surface area contributed by atoms with E-state index in [1.54, 1.807) is 12.1 Å². The highest BCUT2D eigenvalue weighted by Crippen LogP contribution is 2.82. The van der Waals surface area contributed by atoms with Crippen molar-refractivity contribution >= 4 is 62.8 Å². The van der Waals surface area contributed by atoms with Gasteiger partial charge in [-0.3, -0.25) is 14.5 Å². The number of carboxylic acid groups (broad SMARTS) is 1. The van der Waals surface area contributed by atoms with Crippen LogP contribution in [0, 0.1) is 35.0 Å². The van der Waals surface area contributed by atoms with E-state index in [1.165, 1.54) is 16.2 Å². The lowest BCUT2D eigenvalue weighted by Gasteiger charge is -2.35. The number of benzene rings is 1. The predicted octanol–water partition coefficient (Wildman–Crippen LogP) is 5.67. The van der Waals surface area contributed by atoms with Crippen molar-refractivity contribution in [3.05, 3.63) is 28.6 Å². The summed E-state index contributed by atoms with van der Waals surface area (Å²) in [6.07, 6.45) is 0.239. The zero-order valence-corrected chi connectivity index (χ0v) is 38.2. The fourth-order valence-corrected chi connectivity index (χ4v) is 11.3. The zero-order chi connectivity index (χ0) is 44.5. The summed E-state index contributed by atoms with van der Waals surface area (Å²) < 4.78 is 24.4. The molecule has 7 aliphatic rings. The van der Waals surface area contributed by atoms with Crippen molar-refractivity contribution in [2.24, 2.45) is 35.0 Å². The molecule has 2 saturated heterocycles. The number of hydrogen-bond donors (Lipinski definition) is 4. The van der Waals surface area contributed by atoms with Gasteiger partial charge in [-0.1, -0.05) is 45.7 Å². The van der Waals surface area contributed by atoms with E-state index in [9.17, 15) is 24.3 Å². The molecule has 2 aliphatic heterocycles. The average molecular weight is 909 g/mol. The third-order valence-electron chi connectivity index (χ3n) is 13.9. The number of carboxylic acids is 1. The first kappa shape index (κ1) is 43.8. The lowest BCUT2D eigenvalue weighted by Crippen LogP contribution is -2.59. The smallest absolute Gasteiger partial charge is 0.408 e. The van der Waals surface area contributed by atoms with Gasteiger partial charge in [0.2, 0.25) is 11.8 Å². The van der Waals surface area contributed by atoms with Gasteiger partial charge in [-0.2, -0.15) is 0 Å². The van der Waals surface area contributed by atoms with E-state index < -0.39 is 53.0 Å². The molecular weight excluding hydrogens is 850 g/mol. The van der Waals surface area contributed by atoms with Crippen molar-refractivity contribution in [3.63, 3.8) is 0 Å². The Morgan fingerprint density at radius 3 is 2.48 bits per heavy atom. The summed E-state index contributed by atoms with van der Waals surface area (Å²) in [5.74, 6) is 0.897. The minimum atomic E-state index is -1.42. The van der Waals surface area contributed by atoms with Gasteiger partial charge in [-0.25, -0.2) is 19.6 Å². The number of aliphatic carboxylic acids is 1. The van der Waals surface area contributed by atoms with Gasteiger partial charge >= 0.3 is 12.1 Å². The molecule has 63 heavy (non-hydrogen) atoms. The minimum Gasteiger partial charge on any atom is -0.491 e. The number of morpholine rings is 1. The molecule has 0 radical (unpaired) electrons. The predicted molar refractivity (Wildman–Crippen MR) is 236 cm³/mol. The molecular formula is C45H58ClN7O9S. The number of nitrogens with zero attached hydrogens (tertiary/aromatic N) is 4. The highest BCUT2D eigenvalue weighted by molar-refractivity contribution is 7.14. The van der Waals surface area contributed by atoms with Gasteiger partial charge in [0.15, 0.2) is 5.13 Å². The number of likely N-dealkylation sites (tertiary alicyclic amines) is 1. The third kappa shape index (κ3) is 8.62. The zero-order valence-electron chi connectivity index (χ0n) is 36.6. The van der Waals surface area contributed by atoms with Gasteiger partial charge in [0, 0.05) is 54.8 Å². The number of anilines is 1. The summed E-state index contributed by atoms with van der Waals surface area (Å²) in [4.78, 5) is 68.6. The molecule has 340 valence electrons. The van der Waals surface area contributed by atoms with Gasteiger partial charge in [-0.15, -0.1) is 11.3 Å². The number of halogens is 1. The molecule has 3 amide bonds. The normalized spacial score (nSPS) is 29.8. The second-order valence-electron chi connectivity index (χ2n) is 19.5. The Kier molecular flexibility index (Phi) is 11.7. The van der Waals surface area contributed by atoms with Crippen LogP contribution in [0.4, 0.5) is 9.93 Å². The van der Waals surface area contributed by atoms with Gasteiger partial charge in [0.25, 0.3) is 0 Å². The maximum atomic E-state index is 14.8. The molecule has 4 N–H and O–H groups in total. The van der Waals surface area contributed by atoms with Crippen molar-refractivity contribution in [3.8, 4) is 22.9 Å². The van der Waals surface area contributed by atoms with E-state index >= 15 is 0 Å². The van der Waals surface area contributed by atoms with Crippen LogP contribution in [0.5, 0.6) is 11.5 Å². The SMILES string of the molecule is CC[C@@H]1C[C@]1(NC(=O)[C@@H]1C[C@@H](Oc2cc(-c3csc(NC(C)C)n3)nc3c(Cl)c(OCCN4CCOCC4)ccc23)CN1C(=O)[C@@H](NC(=O)O[C@@H]1CC2C3C1[C@H]23)C(C)(C)C)C(=O)O. The van der Waals surface area contributed by atoms with E-state index in [1.807, 2.05) is 53.0 Å². The third-order valence-corrected chi connectivity index (χ3v) is 15.0. The highest BCUT2D eigenvalue weighted by Gasteiger charge is 2.81. The lowest BCUT2D eigenvalue weighted by atomic mass is 9.85. The van der Waals surface area contributed by atoms with Crippen LogP contribution < -0.4 is 25.4 Å². The Hall–Kier alpha value is -4.45. The maximum Gasteiger partial charge on any atom is 0.408 e. The van der Waals surface area contributed by atoms with Gasteiger partial charge in [0.05, 0.1) is 31.0 Å². The van der Waals surface area contributed by atoms with Crippen LogP contribution in [0.25, 0.3) is 22.3 Å². The van der Waals surface area contributed by atoms with Crippen molar-refractivity contribution in [1.29, 1.82) is 0 Å². The molecule has 2 bridgehead atoms. The van der Waals surface area contributed by atoms with Crippen molar-refractivity contribution in [2.45, 2.75) is 103 Å². The molecule has 5 aliphatic carbocycles. The molecule has 7 fully saturated rings. The Morgan fingerprint density at radius 2 is 1.83 bits per heavy atom. The molecule has 18 heteroatoms. The van der Waals surface area contributed by atoms with E-state index in [4.69, 9.17) is 40.5 Å². The molecule has 4 heterocycles. The standard InChI is InChI=1S/C45H58ClN7O9S/c1-7-23-19-45(23,41(56)57)51-39(54)29-16-24(20-53(29)40(55)38(44(4,5)6)50-43(58)62-32-17-26-33-34(26)35(32)33)61-31-18-27(28-21-63-42(49-28)47-22(2)3)48-37-25(31)8-9-30(36(37)46)60-15-12-52-10-13-59-14-11-52/h8-9,18,21-24,26,29,32-35,38H,7,10-17,19-20H2,1-6H3,(H,47,49)(H,50,58)(H,51,54)(H,56,57)/t23-,24-,26?,29+,32-,33-,34?,35?,38-,45-/m1/s1. The number of pyridine rings is 1. The number of rotatable bonds is 16.